The number of hydrogen-bond acceptors (Lipinski definition) is 5. The summed E-state index contributed by atoms with van der Waals surface area (Å²) in [7, 11) is -5.74. The fourth-order valence-corrected chi connectivity index (χ4v) is 7.54. The highest BCUT2D eigenvalue weighted by Crippen LogP contribution is 2.53. The lowest BCUT2D eigenvalue weighted by Crippen LogP contribution is -2.49. The summed E-state index contributed by atoms with van der Waals surface area (Å²) < 4.78 is 78.8. The zero-order valence-electron chi connectivity index (χ0n) is 26.0. The Labute approximate surface area is 282 Å². The van der Waals surface area contributed by atoms with E-state index in [1.165, 1.54) is 12.2 Å². The van der Waals surface area contributed by atoms with Gasteiger partial charge in [-0.05, 0) is 46.6 Å². The number of carbonyl (C=O) groups excluding carboxylic acids is 1. The van der Waals surface area contributed by atoms with Crippen LogP contribution in [0, 0.1) is 5.41 Å². The number of likely N-dealkylation sites (tertiary alicyclic amines) is 1. The highest BCUT2D eigenvalue weighted by molar-refractivity contribution is 7.90. The highest BCUT2D eigenvalue weighted by Gasteiger charge is 2.65. The average molecular weight is 685 g/mol. The molecule has 7 rings (SSSR count). The molecule has 0 bridgehead atoms. The zero-order chi connectivity index (χ0) is 34.3. The largest absolute Gasteiger partial charge is 0.517 e. The summed E-state index contributed by atoms with van der Waals surface area (Å²) in [5, 5.41) is 0. The molecule has 2 spiro atoms. The Balaban J connectivity index is 1.30. The predicted molar refractivity (Wildman–Crippen MR) is 176 cm³/mol. The van der Waals surface area contributed by atoms with Crippen molar-refractivity contribution >= 4 is 15.9 Å². The van der Waals surface area contributed by atoms with Gasteiger partial charge in [0.05, 0.1) is 6.54 Å². The Hall–Kier alpha value is -4.97. The van der Waals surface area contributed by atoms with Gasteiger partial charge in [-0.15, -0.1) is 0 Å². The van der Waals surface area contributed by atoms with Crippen LogP contribution in [0.1, 0.15) is 22.3 Å². The smallest absolute Gasteiger partial charge is 0.335 e. The Morgan fingerprint density at radius 3 is 1.67 bits per heavy atom. The van der Waals surface area contributed by atoms with E-state index in [-0.39, 0.29) is 17.4 Å². The molecular formula is C38H31F3N2O5S. The normalized spacial score (nSPS) is 21.7. The molecule has 11 heteroatoms. The summed E-state index contributed by atoms with van der Waals surface area (Å²) in [6.07, 6.45) is 6.25. The first kappa shape index (κ1) is 32.6. The second-order valence-electron chi connectivity index (χ2n) is 12.1. The van der Waals surface area contributed by atoms with Crippen LogP contribution in [0.5, 0.6) is 0 Å². The third kappa shape index (κ3) is 5.38. The molecule has 4 aromatic rings. The molecule has 250 valence electrons. The highest BCUT2D eigenvalue weighted by atomic mass is 32.2. The van der Waals surface area contributed by atoms with Gasteiger partial charge >= 0.3 is 15.5 Å². The van der Waals surface area contributed by atoms with Crippen LogP contribution < -0.4 is 0 Å². The van der Waals surface area contributed by atoms with Gasteiger partial charge in [0.25, 0.3) is 0 Å². The van der Waals surface area contributed by atoms with Crippen molar-refractivity contribution in [3.05, 3.63) is 180 Å². The molecule has 0 saturated carbocycles. The van der Waals surface area contributed by atoms with Crippen molar-refractivity contribution in [2.24, 2.45) is 5.41 Å². The van der Waals surface area contributed by atoms with Crippen LogP contribution >= 0.6 is 0 Å². The number of amides is 1. The summed E-state index contributed by atoms with van der Waals surface area (Å²) in [5.41, 5.74) is -6.57. The molecule has 0 aliphatic carbocycles. The van der Waals surface area contributed by atoms with E-state index >= 15 is 0 Å². The monoisotopic (exact) mass is 684 g/mol. The first-order valence-corrected chi connectivity index (χ1v) is 17.0. The number of nitrogens with zero attached hydrogens (tertiary/aromatic N) is 2. The number of alkyl halides is 3. The van der Waals surface area contributed by atoms with Crippen molar-refractivity contribution < 1.29 is 35.9 Å². The lowest BCUT2D eigenvalue weighted by molar-refractivity contribution is -0.203. The Bertz CT molecular complexity index is 1910. The molecule has 1 amide bonds. The molecular weight excluding hydrogens is 653 g/mol. The third-order valence-corrected chi connectivity index (χ3v) is 10.6. The number of rotatable bonds is 8. The summed E-state index contributed by atoms with van der Waals surface area (Å²) in [5.74, 6) is -0.460. The quantitative estimate of drug-likeness (QED) is 0.150. The van der Waals surface area contributed by atoms with Crippen LogP contribution in [0.4, 0.5) is 13.2 Å². The van der Waals surface area contributed by atoms with Crippen LogP contribution in [0.25, 0.3) is 0 Å². The van der Waals surface area contributed by atoms with Crippen LogP contribution in [0.3, 0.4) is 0 Å². The second-order valence-corrected chi connectivity index (χ2v) is 13.9. The van der Waals surface area contributed by atoms with E-state index in [1.807, 2.05) is 121 Å². The van der Waals surface area contributed by atoms with Crippen molar-refractivity contribution in [3.8, 4) is 0 Å². The maximum atomic E-state index is 14.3. The van der Waals surface area contributed by atoms with E-state index in [0.29, 0.717) is 0 Å². The minimum absolute atomic E-state index is 0.0206. The Morgan fingerprint density at radius 1 is 0.735 bits per heavy atom. The predicted octanol–water partition coefficient (Wildman–Crippen LogP) is 6.87. The number of halogens is 3. The maximum Gasteiger partial charge on any atom is 0.517 e. The molecule has 49 heavy (non-hydrogen) atoms. The van der Waals surface area contributed by atoms with Gasteiger partial charge in [0.1, 0.15) is 16.6 Å². The minimum atomic E-state index is -5.74. The number of benzene rings is 4. The first-order chi connectivity index (χ1) is 23.5. The van der Waals surface area contributed by atoms with E-state index in [0.717, 1.165) is 34.7 Å². The lowest BCUT2D eigenvalue weighted by Gasteiger charge is -2.41. The van der Waals surface area contributed by atoms with E-state index in [9.17, 15) is 26.4 Å². The summed E-state index contributed by atoms with van der Waals surface area (Å²) in [4.78, 5) is 15.9. The fraction of sp³-hybridized carbons (Fsp3) is 0.184. The summed E-state index contributed by atoms with van der Waals surface area (Å²) in [6.45, 7) is 0.215. The third-order valence-electron chi connectivity index (χ3n) is 9.20. The van der Waals surface area contributed by atoms with E-state index in [4.69, 9.17) is 9.47 Å². The van der Waals surface area contributed by atoms with Gasteiger partial charge < -0.3 is 14.4 Å². The summed E-state index contributed by atoms with van der Waals surface area (Å²) in [6, 6.07) is 38.2. The van der Waals surface area contributed by atoms with Crippen molar-refractivity contribution in [3.63, 3.8) is 0 Å². The molecule has 3 aliphatic heterocycles. The number of sulfonamides is 1. The number of hydrogen-bond donors (Lipinski definition) is 0. The zero-order valence-corrected chi connectivity index (χ0v) is 26.8. The van der Waals surface area contributed by atoms with Gasteiger partial charge in [-0.2, -0.15) is 21.6 Å². The lowest BCUT2D eigenvalue weighted by atomic mass is 9.73. The van der Waals surface area contributed by atoms with Crippen molar-refractivity contribution in [2.45, 2.75) is 29.5 Å². The molecule has 2 atom stereocenters. The van der Waals surface area contributed by atoms with E-state index in [1.54, 1.807) is 17.1 Å². The van der Waals surface area contributed by atoms with Crippen LogP contribution in [-0.4, -0.2) is 47.5 Å². The van der Waals surface area contributed by atoms with Crippen LogP contribution in [0.15, 0.2) is 158 Å². The van der Waals surface area contributed by atoms with Crippen molar-refractivity contribution in [1.29, 1.82) is 0 Å². The standard InChI is InChI=1S/C38H31F3N2O5S/c39-38(40,41)49(45,46)43-25-23-35(24-26-43)34(44)42(27-29-13-5-1-6-14-29)28-36(35)22-21-33(47-36)48-37(30-15-7-2-8-16-30,31-17-9-3-10-18-31)32-19-11-4-12-20-32/h1-26,33H,27-28H2/t33-,36-/m0/s1. The molecule has 3 aliphatic rings. The number of fused-ring (bicyclic) bond motifs is 1. The van der Waals surface area contributed by atoms with E-state index in [2.05, 4.69) is 0 Å². The average Bonchev–Trinajstić information content (AvgIpc) is 3.62. The molecule has 0 radical (unpaired) electrons. The van der Waals surface area contributed by atoms with Gasteiger partial charge in [0.2, 0.25) is 5.91 Å². The van der Waals surface area contributed by atoms with Gasteiger partial charge in [-0.3, -0.25) is 4.79 Å². The SMILES string of the molecule is O=C1N(Cc2ccccc2)C[C@@]2(C=C[C@H](OC(c3ccccc3)(c3ccccc3)c3ccccc3)O2)C12C=CN(S(=O)(=O)C(F)(F)F)C=C2. The number of carbonyl (C=O) groups is 1. The van der Waals surface area contributed by atoms with Gasteiger partial charge in [-0.25, -0.2) is 4.31 Å². The van der Waals surface area contributed by atoms with Crippen molar-refractivity contribution in [2.75, 3.05) is 6.54 Å². The van der Waals surface area contributed by atoms with Crippen LogP contribution in [-0.2, 0) is 36.4 Å². The van der Waals surface area contributed by atoms with Gasteiger partial charge in [0.15, 0.2) is 6.29 Å². The van der Waals surface area contributed by atoms with Crippen molar-refractivity contribution in [1.82, 2.24) is 9.21 Å². The molecule has 1 saturated heterocycles. The van der Waals surface area contributed by atoms with E-state index < -0.39 is 44.3 Å². The van der Waals surface area contributed by atoms with Crippen LogP contribution in [0.2, 0.25) is 0 Å². The van der Waals surface area contributed by atoms with Gasteiger partial charge in [0, 0.05) is 18.9 Å². The fourth-order valence-electron chi connectivity index (χ4n) is 6.86. The minimum Gasteiger partial charge on any atom is -0.335 e. The molecule has 0 aromatic heterocycles. The maximum absolute atomic E-state index is 14.3. The second kappa shape index (κ2) is 12.2. The number of ether oxygens (including phenoxy) is 2. The Kier molecular flexibility index (Phi) is 8.09. The summed E-state index contributed by atoms with van der Waals surface area (Å²) >= 11 is 0. The molecule has 0 N–H and O–H groups in total. The molecule has 4 aromatic carbocycles. The molecule has 1 fully saturated rings. The van der Waals surface area contributed by atoms with Gasteiger partial charge in [-0.1, -0.05) is 121 Å². The Morgan fingerprint density at radius 2 is 1.20 bits per heavy atom. The molecule has 7 nitrogen and oxygen atoms in total. The topological polar surface area (TPSA) is 76.2 Å². The molecule has 0 unspecified atom stereocenters. The molecule has 3 heterocycles. The first-order valence-electron chi connectivity index (χ1n) is 15.5.